The molecule has 1 amide bonds. The number of aliphatic carboxylic acids is 1. The Hall–Kier alpha value is -2.28. The fraction of sp³-hybridized carbons (Fsp3) is 0.333. The first-order valence-corrected chi connectivity index (χ1v) is 5.64. The zero-order valence-corrected chi connectivity index (χ0v) is 10.5. The maximum absolute atomic E-state index is 11.8. The van der Waals surface area contributed by atoms with Crippen molar-refractivity contribution < 1.29 is 24.2 Å². The molecule has 19 heavy (non-hydrogen) atoms. The second-order valence-electron chi connectivity index (χ2n) is 4.07. The summed E-state index contributed by atoms with van der Waals surface area (Å²) < 4.78 is 10.4. The molecule has 7 nitrogen and oxygen atoms in total. The van der Waals surface area contributed by atoms with Gasteiger partial charge < -0.3 is 19.9 Å². The smallest absolute Gasteiger partial charge is 0.330 e. The lowest BCUT2D eigenvalue weighted by molar-refractivity contribution is -0.142. The van der Waals surface area contributed by atoms with Gasteiger partial charge in [0.25, 0.3) is 5.91 Å². The van der Waals surface area contributed by atoms with Crippen LogP contribution >= 0.6 is 0 Å². The fourth-order valence-corrected chi connectivity index (χ4v) is 1.75. The van der Waals surface area contributed by atoms with Gasteiger partial charge in [-0.1, -0.05) is 0 Å². The zero-order valence-electron chi connectivity index (χ0n) is 10.5. The van der Waals surface area contributed by atoms with Crippen LogP contribution in [0.3, 0.4) is 0 Å². The molecule has 1 unspecified atom stereocenters. The highest BCUT2D eigenvalue weighted by Gasteiger charge is 2.25. The third-order valence-electron chi connectivity index (χ3n) is 2.78. The molecule has 2 rings (SSSR count). The lowest BCUT2D eigenvalue weighted by Gasteiger charge is -2.13. The first-order valence-electron chi connectivity index (χ1n) is 5.64. The number of hydrogen-bond acceptors (Lipinski definition) is 5. The van der Waals surface area contributed by atoms with Crippen molar-refractivity contribution in [2.75, 3.05) is 19.2 Å². The second kappa shape index (κ2) is 5.15. The van der Waals surface area contributed by atoms with E-state index in [-0.39, 0.29) is 6.79 Å². The highest BCUT2D eigenvalue weighted by molar-refractivity contribution is 6.08. The molecule has 1 aromatic carbocycles. The number of fused-ring (bicyclic) bond motifs is 1. The Bertz CT molecular complexity index is 529. The van der Waals surface area contributed by atoms with Crippen LogP contribution in [0.25, 0.3) is 0 Å². The Balaban J connectivity index is 2.19. The summed E-state index contributed by atoms with van der Waals surface area (Å²) in [6.07, 6.45) is 0. The van der Waals surface area contributed by atoms with Crippen molar-refractivity contribution >= 4 is 17.6 Å². The summed E-state index contributed by atoms with van der Waals surface area (Å²) in [4.78, 5) is 22.7. The van der Waals surface area contributed by atoms with Crippen LogP contribution in [0.2, 0.25) is 0 Å². The molecule has 0 aliphatic carbocycles. The lowest BCUT2D eigenvalue weighted by atomic mass is 10.1. The number of aryl methyl sites for hydroxylation is 1. The average Bonchev–Trinajstić information content (AvgIpc) is 2.76. The monoisotopic (exact) mass is 266 g/mol. The molecule has 0 saturated heterocycles. The highest BCUT2D eigenvalue weighted by atomic mass is 16.7. The van der Waals surface area contributed by atoms with E-state index >= 15 is 0 Å². The van der Waals surface area contributed by atoms with Crippen molar-refractivity contribution in [3.63, 3.8) is 0 Å². The van der Waals surface area contributed by atoms with Crippen LogP contribution in [0.5, 0.6) is 11.5 Å². The number of hydrogen-bond donors (Lipinski definition) is 3. The number of carboxylic acids is 1. The maximum atomic E-state index is 11.8. The largest absolute Gasteiger partial charge is 0.480 e. The number of benzene rings is 1. The van der Waals surface area contributed by atoms with Gasteiger partial charge in [0.05, 0.1) is 0 Å². The SMILES string of the molecule is CNC(C(=O)O)C(=O)Nc1cc2c(cc1C)OCO2. The number of rotatable bonds is 4. The van der Waals surface area contributed by atoms with E-state index in [2.05, 4.69) is 10.6 Å². The Morgan fingerprint density at radius 2 is 1.95 bits per heavy atom. The molecule has 3 N–H and O–H groups in total. The number of nitrogens with one attached hydrogen (secondary N) is 2. The Morgan fingerprint density at radius 1 is 1.32 bits per heavy atom. The van der Waals surface area contributed by atoms with Crippen molar-refractivity contribution in [2.24, 2.45) is 0 Å². The van der Waals surface area contributed by atoms with Gasteiger partial charge in [-0.15, -0.1) is 0 Å². The van der Waals surface area contributed by atoms with Gasteiger partial charge in [-0.05, 0) is 25.6 Å². The number of anilines is 1. The molecule has 0 saturated carbocycles. The van der Waals surface area contributed by atoms with Crippen LogP contribution in [0.1, 0.15) is 5.56 Å². The van der Waals surface area contributed by atoms with Crippen LogP contribution < -0.4 is 20.1 Å². The number of ether oxygens (including phenoxy) is 2. The van der Waals surface area contributed by atoms with Gasteiger partial charge in [0.2, 0.25) is 6.79 Å². The van der Waals surface area contributed by atoms with E-state index in [1.165, 1.54) is 7.05 Å². The van der Waals surface area contributed by atoms with Crippen molar-refractivity contribution in [1.82, 2.24) is 5.32 Å². The third kappa shape index (κ3) is 2.60. The second-order valence-corrected chi connectivity index (χ2v) is 4.07. The molecular formula is C12H14N2O5. The van der Waals surface area contributed by atoms with Gasteiger partial charge in [0.15, 0.2) is 17.5 Å². The van der Waals surface area contributed by atoms with Crippen molar-refractivity contribution in [1.29, 1.82) is 0 Å². The molecule has 0 aromatic heterocycles. The summed E-state index contributed by atoms with van der Waals surface area (Å²) >= 11 is 0. The number of carbonyl (C=O) groups is 2. The standard InChI is InChI=1S/C12H14N2O5/c1-6-3-8-9(19-5-18-8)4-7(6)14-11(15)10(13-2)12(16)17/h3-4,10,13H,5H2,1-2H3,(H,14,15)(H,16,17). The zero-order chi connectivity index (χ0) is 14.0. The minimum atomic E-state index is -1.30. The third-order valence-corrected chi connectivity index (χ3v) is 2.78. The van der Waals surface area contributed by atoms with Gasteiger partial charge in [0, 0.05) is 11.8 Å². The fourth-order valence-electron chi connectivity index (χ4n) is 1.75. The first-order chi connectivity index (χ1) is 9.02. The van der Waals surface area contributed by atoms with Crippen molar-refractivity contribution in [2.45, 2.75) is 13.0 Å². The van der Waals surface area contributed by atoms with E-state index in [0.29, 0.717) is 17.2 Å². The normalized spacial score (nSPS) is 14.0. The van der Waals surface area contributed by atoms with E-state index in [4.69, 9.17) is 14.6 Å². The van der Waals surface area contributed by atoms with Crippen LogP contribution in [-0.4, -0.2) is 36.9 Å². The summed E-state index contributed by atoms with van der Waals surface area (Å²) in [5.41, 5.74) is 1.26. The van der Waals surface area contributed by atoms with Crippen LogP contribution in [0, 0.1) is 6.92 Å². The van der Waals surface area contributed by atoms with E-state index in [1.807, 2.05) is 0 Å². The Kier molecular flexibility index (Phi) is 3.57. The van der Waals surface area contributed by atoms with E-state index in [0.717, 1.165) is 5.56 Å². The molecule has 1 aromatic rings. The van der Waals surface area contributed by atoms with Crippen molar-refractivity contribution in [3.05, 3.63) is 17.7 Å². The van der Waals surface area contributed by atoms with Gasteiger partial charge in [-0.2, -0.15) is 0 Å². The molecule has 0 bridgehead atoms. The highest BCUT2D eigenvalue weighted by Crippen LogP contribution is 2.36. The van der Waals surface area contributed by atoms with E-state index in [9.17, 15) is 9.59 Å². The quantitative estimate of drug-likeness (QED) is 0.680. The number of amides is 1. The van der Waals surface area contributed by atoms with E-state index in [1.54, 1.807) is 19.1 Å². The van der Waals surface area contributed by atoms with Crippen LogP contribution in [0.4, 0.5) is 5.69 Å². The molecule has 7 heteroatoms. The number of carbonyl (C=O) groups excluding carboxylic acids is 1. The molecule has 1 heterocycles. The lowest BCUT2D eigenvalue weighted by Crippen LogP contribution is -2.44. The number of carboxylic acid groups (broad SMARTS) is 1. The molecule has 0 spiro atoms. The van der Waals surface area contributed by atoms with Crippen molar-refractivity contribution in [3.8, 4) is 11.5 Å². The van der Waals surface area contributed by atoms with Gasteiger partial charge in [-0.3, -0.25) is 10.1 Å². The predicted octanol–water partition coefficient (Wildman–Crippen LogP) is 0.335. The van der Waals surface area contributed by atoms with Crippen LogP contribution in [-0.2, 0) is 9.59 Å². The molecule has 1 aliphatic rings. The average molecular weight is 266 g/mol. The summed E-state index contributed by atoms with van der Waals surface area (Å²) in [5.74, 6) is -0.744. The Morgan fingerprint density at radius 3 is 2.53 bits per heavy atom. The minimum absolute atomic E-state index is 0.139. The van der Waals surface area contributed by atoms with Gasteiger partial charge in [-0.25, -0.2) is 4.79 Å². The Labute approximate surface area is 109 Å². The maximum Gasteiger partial charge on any atom is 0.330 e. The van der Waals surface area contributed by atoms with Crippen LogP contribution in [0.15, 0.2) is 12.1 Å². The first kappa shape index (κ1) is 13.2. The molecule has 102 valence electrons. The van der Waals surface area contributed by atoms with Gasteiger partial charge in [0.1, 0.15) is 0 Å². The summed E-state index contributed by atoms with van der Waals surface area (Å²) in [6.45, 7) is 1.92. The molecule has 1 aliphatic heterocycles. The molecule has 0 fully saturated rings. The molecule has 0 radical (unpaired) electrons. The molecular weight excluding hydrogens is 252 g/mol. The van der Waals surface area contributed by atoms with Gasteiger partial charge >= 0.3 is 5.97 Å². The number of likely N-dealkylation sites (N-methyl/N-ethyl adjacent to an activating group) is 1. The summed E-state index contributed by atoms with van der Waals surface area (Å²) in [6, 6.07) is 2.04. The minimum Gasteiger partial charge on any atom is -0.480 e. The molecule has 1 atom stereocenters. The summed E-state index contributed by atoms with van der Waals surface area (Å²) in [7, 11) is 1.41. The predicted molar refractivity (Wildman–Crippen MR) is 66.4 cm³/mol. The summed E-state index contributed by atoms with van der Waals surface area (Å²) in [5, 5.41) is 13.9. The topological polar surface area (TPSA) is 96.9 Å². The van der Waals surface area contributed by atoms with E-state index < -0.39 is 17.9 Å².